The van der Waals surface area contributed by atoms with Crippen LogP contribution in [0.15, 0.2) is 24.3 Å². The van der Waals surface area contributed by atoms with Gasteiger partial charge in [0.25, 0.3) is 0 Å². The molecule has 17 heavy (non-hydrogen) atoms. The van der Waals surface area contributed by atoms with E-state index in [1.807, 2.05) is 30.0 Å². The lowest BCUT2D eigenvalue weighted by atomic mass is 9.98. The molecule has 1 N–H and O–H groups in total. The fraction of sp³-hybridized carbons (Fsp3) is 0.500. The number of carbonyl (C=O) groups is 1. The Kier molecular flexibility index (Phi) is 3.79. The first kappa shape index (κ1) is 12.1. The van der Waals surface area contributed by atoms with Crippen LogP contribution in [0.3, 0.4) is 0 Å². The maximum atomic E-state index is 12.2. The number of benzene rings is 1. The van der Waals surface area contributed by atoms with Crippen LogP contribution >= 0.6 is 0 Å². The van der Waals surface area contributed by atoms with Gasteiger partial charge in [-0.1, -0.05) is 18.2 Å². The Morgan fingerprint density at radius 2 is 2.12 bits per heavy atom. The molecule has 2 rings (SSSR count). The van der Waals surface area contributed by atoms with Crippen molar-refractivity contribution in [2.45, 2.75) is 20.3 Å². The van der Waals surface area contributed by atoms with Gasteiger partial charge in [0.05, 0.1) is 0 Å². The van der Waals surface area contributed by atoms with E-state index in [4.69, 9.17) is 0 Å². The van der Waals surface area contributed by atoms with Gasteiger partial charge >= 0.3 is 0 Å². The summed E-state index contributed by atoms with van der Waals surface area (Å²) in [6, 6.07) is 8.07. The zero-order chi connectivity index (χ0) is 12.3. The summed E-state index contributed by atoms with van der Waals surface area (Å²) in [7, 11) is 0. The number of hydrogen-bond acceptors (Lipinski definition) is 2. The average Bonchev–Trinajstić information content (AvgIpc) is 2.27. The van der Waals surface area contributed by atoms with Gasteiger partial charge in [-0.2, -0.15) is 0 Å². The molecule has 0 bridgehead atoms. The predicted octanol–water partition coefficient (Wildman–Crippen LogP) is 1.96. The molecule has 0 radical (unpaired) electrons. The Balaban J connectivity index is 2.09. The lowest BCUT2D eigenvalue weighted by Gasteiger charge is -2.30. The lowest BCUT2D eigenvalue weighted by molar-refractivity contribution is -0.119. The highest BCUT2D eigenvalue weighted by atomic mass is 16.2. The predicted molar refractivity (Wildman–Crippen MR) is 70.2 cm³/mol. The van der Waals surface area contributed by atoms with Crippen molar-refractivity contribution in [3.8, 4) is 0 Å². The molecule has 1 amide bonds. The first-order chi connectivity index (χ1) is 8.22. The molecule has 0 atom stereocenters. The molecular weight excluding hydrogens is 212 g/mol. The molecule has 1 heterocycles. The molecule has 0 saturated carbocycles. The zero-order valence-corrected chi connectivity index (χ0v) is 10.6. The van der Waals surface area contributed by atoms with Crippen LogP contribution < -0.4 is 10.2 Å². The van der Waals surface area contributed by atoms with Gasteiger partial charge in [0.2, 0.25) is 5.91 Å². The second-order valence-electron chi connectivity index (χ2n) is 4.65. The van der Waals surface area contributed by atoms with Crippen molar-refractivity contribution < 1.29 is 4.79 Å². The minimum atomic E-state index is 0.244. The number of anilines is 1. The fourth-order valence-corrected chi connectivity index (χ4v) is 2.20. The lowest BCUT2D eigenvalue weighted by Crippen LogP contribution is -2.45. The van der Waals surface area contributed by atoms with Crippen molar-refractivity contribution in [1.82, 2.24) is 5.32 Å². The molecular formula is C14H20N2O. The van der Waals surface area contributed by atoms with E-state index in [0.717, 1.165) is 30.9 Å². The third kappa shape index (κ3) is 2.67. The van der Waals surface area contributed by atoms with Gasteiger partial charge in [-0.3, -0.25) is 4.79 Å². The summed E-state index contributed by atoms with van der Waals surface area (Å²) in [6.07, 6.45) is 0.662. The first-order valence-corrected chi connectivity index (χ1v) is 6.29. The number of aryl methyl sites for hydroxylation is 1. The molecule has 1 aromatic rings. The van der Waals surface area contributed by atoms with Crippen LogP contribution in [-0.2, 0) is 4.79 Å². The summed E-state index contributed by atoms with van der Waals surface area (Å²) < 4.78 is 0. The number of nitrogens with zero attached hydrogens (tertiary/aromatic N) is 1. The van der Waals surface area contributed by atoms with Gasteiger partial charge in [0.1, 0.15) is 0 Å². The molecule has 0 aromatic heterocycles. The third-order valence-corrected chi connectivity index (χ3v) is 3.35. The summed E-state index contributed by atoms with van der Waals surface area (Å²) in [5.41, 5.74) is 2.21. The normalized spacial score (nSPS) is 15.4. The van der Waals surface area contributed by atoms with E-state index < -0.39 is 0 Å². The highest BCUT2D eigenvalue weighted by Gasteiger charge is 2.24. The van der Waals surface area contributed by atoms with Crippen molar-refractivity contribution in [2.24, 2.45) is 5.92 Å². The van der Waals surface area contributed by atoms with Crippen LogP contribution in [0.25, 0.3) is 0 Å². The number of hydrogen-bond donors (Lipinski definition) is 1. The van der Waals surface area contributed by atoms with Crippen molar-refractivity contribution in [3.63, 3.8) is 0 Å². The van der Waals surface area contributed by atoms with Crippen LogP contribution in [-0.4, -0.2) is 25.5 Å². The molecule has 3 nitrogen and oxygen atoms in total. The van der Waals surface area contributed by atoms with E-state index in [1.165, 1.54) is 0 Å². The molecule has 0 aliphatic carbocycles. The standard InChI is InChI=1S/C14H20N2O/c1-3-16(13-7-5-4-6-11(13)2)14(17)8-12-9-15-10-12/h4-7,12,15H,3,8-10H2,1-2H3. The largest absolute Gasteiger partial charge is 0.316 e. The van der Waals surface area contributed by atoms with Gasteiger partial charge in [-0.15, -0.1) is 0 Å². The Morgan fingerprint density at radius 1 is 1.41 bits per heavy atom. The minimum Gasteiger partial charge on any atom is -0.316 e. The summed E-state index contributed by atoms with van der Waals surface area (Å²) >= 11 is 0. The van der Waals surface area contributed by atoms with E-state index >= 15 is 0 Å². The van der Waals surface area contributed by atoms with Crippen LogP contribution in [0.5, 0.6) is 0 Å². The number of rotatable bonds is 4. The highest BCUT2D eigenvalue weighted by molar-refractivity contribution is 5.94. The van der Waals surface area contributed by atoms with Crippen molar-refractivity contribution in [1.29, 1.82) is 0 Å². The quantitative estimate of drug-likeness (QED) is 0.860. The Labute approximate surface area is 103 Å². The maximum Gasteiger partial charge on any atom is 0.227 e. The van der Waals surface area contributed by atoms with Gasteiger partial charge in [0, 0.05) is 18.7 Å². The number of amides is 1. The Morgan fingerprint density at radius 3 is 2.65 bits per heavy atom. The van der Waals surface area contributed by atoms with Crippen molar-refractivity contribution in [3.05, 3.63) is 29.8 Å². The number of carbonyl (C=O) groups excluding carboxylic acids is 1. The van der Waals surface area contributed by atoms with E-state index in [2.05, 4.69) is 18.3 Å². The second-order valence-corrected chi connectivity index (χ2v) is 4.65. The second kappa shape index (κ2) is 5.32. The number of para-hydroxylation sites is 1. The van der Waals surface area contributed by atoms with Gasteiger partial charge in [-0.25, -0.2) is 0 Å². The first-order valence-electron chi connectivity index (χ1n) is 6.29. The third-order valence-electron chi connectivity index (χ3n) is 3.35. The van der Waals surface area contributed by atoms with E-state index in [1.54, 1.807) is 0 Å². The molecule has 1 aliphatic heterocycles. The van der Waals surface area contributed by atoms with E-state index in [-0.39, 0.29) is 5.91 Å². The molecule has 92 valence electrons. The summed E-state index contributed by atoms with van der Waals surface area (Å²) in [5, 5.41) is 3.20. The van der Waals surface area contributed by atoms with E-state index in [9.17, 15) is 4.79 Å². The molecule has 3 heteroatoms. The smallest absolute Gasteiger partial charge is 0.227 e. The number of nitrogens with one attached hydrogen (secondary N) is 1. The van der Waals surface area contributed by atoms with Crippen LogP contribution in [0.1, 0.15) is 18.9 Å². The van der Waals surface area contributed by atoms with Crippen LogP contribution in [0.4, 0.5) is 5.69 Å². The minimum absolute atomic E-state index is 0.244. The summed E-state index contributed by atoms with van der Waals surface area (Å²) in [6.45, 7) is 6.79. The topological polar surface area (TPSA) is 32.3 Å². The maximum absolute atomic E-state index is 12.2. The molecule has 1 aromatic carbocycles. The van der Waals surface area contributed by atoms with E-state index in [0.29, 0.717) is 12.3 Å². The average molecular weight is 232 g/mol. The summed E-state index contributed by atoms with van der Waals surface area (Å²) in [4.78, 5) is 14.1. The highest BCUT2D eigenvalue weighted by Crippen LogP contribution is 2.21. The van der Waals surface area contributed by atoms with Crippen LogP contribution in [0, 0.1) is 12.8 Å². The van der Waals surface area contributed by atoms with Crippen molar-refractivity contribution >= 4 is 11.6 Å². The van der Waals surface area contributed by atoms with Gasteiger partial charge in [-0.05, 0) is 44.5 Å². The Hall–Kier alpha value is -1.35. The van der Waals surface area contributed by atoms with Crippen LogP contribution in [0.2, 0.25) is 0 Å². The van der Waals surface area contributed by atoms with Gasteiger partial charge < -0.3 is 10.2 Å². The molecule has 1 aliphatic rings. The molecule has 1 saturated heterocycles. The Bertz CT molecular complexity index is 399. The molecule has 1 fully saturated rings. The molecule has 0 unspecified atom stereocenters. The SMILES string of the molecule is CCN(C(=O)CC1CNC1)c1ccccc1C. The van der Waals surface area contributed by atoms with Gasteiger partial charge in [0.15, 0.2) is 0 Å². The summed E-state index contributed by atoms with van der Waals surface area (Å²) in [5.74, 6) is 0.772. The van der Waals surface area contributed by atoms with Crippen molar-refractivity contribution in [2.75, 3.05) is 24.5 Å². The molecule has 0 spiro atoms. The monoisotopic (exact) mass is 232 g/mol. The zero-order valence-electron chi connectivity index (χ0n) is 10.6. The fourth-order valence-electron chi connectivity index (χ4n) is 2.20.